The van der Waals surface area contributed by atoms with Crippen molar-refractivity contribution in [1.29, 1.82) is 0 Å². The van der Waals surface area contributed by atoms with Gasteiger partial charge in [0.1, 0.15) is 0 Å². The predicted octanol–water partition coefficient (Wildman–Crippen LogP) is 2.30. The van der Waals surface area contributed by atoms with Crippen LogP contribution in [0.5, 0.6) is 0 Å². The Morgan fingerprint density at radius 3 is 3.04 bits per heavy atom. The second-order valence-corrected chi connectivity index (χ2v) is 7.60. The van der Waals surface area contributed by atoms with E-state index in [1.807, 2.05) is 6.20 Å². The van der Waals surface area contributed by atoms with Crippen molar-refractivity contribution >= 4 is 6.03 Å². The second-order valence-electron chi connectivity index (χ2n) is 7.60. The maximum atomic E-state index is 12.5. The largest absolute Gasteiger partial charge is 0.378 e. The number of nitrogens with one attached hydrogen (secondary N) is 3. The van der Waals surface area contributed by atoms with Gasteiger partial charge < -0.3 is 15.4 Å². The molecule has 3 atom stereocenters. The molecule has 1 aromatic heterocycles. The number of hydrogen-bond acceptors (Lipinski definition) is 3. The SMILES string of the molecule is CCO[C@@H]1C[C@@H](NC(=O)N[C@@H]2CCc3[nH]ncc3C2)C12CCCC2. The number of aromatic amines is 1. The Morgan fingerprint density at radius 2 is 2.25 bits per heavy atom. The van der Waals surface area contributed by atoms with E-state index in [4.69, 9.17) is 4.74 Å². The van der Waals surface area contributed by atoms with Crippen molar-refractivity contribution in [3.8, 4) is 0 Å². The molecule has 0 aromatic carbocycles. The summed E-state index contributed by atoms with van der Waals surface area (Å²) in [5.41, 5.74) is 2.65. The summed E-state index contributed by atoms with van der Waals surface area (Å²) in [5, 5.41) is 13.6. The third-order valence-corrected chi connectivity index (χ3v) is 6.34. The van der Waals surface area contributed by atoms with Gasteiger partial charge in [0.15, 0.2) is 0 Å². The van der Waals surface area contributed by atoms with Crippen molar-refractivity contribution < 1.29 is 9.53 Å². The lowest BCUT2D eigenvalue weighted by atomic mass is 9.60. The molecule has 1 heterocycles. The maximum Gasteiger partial charge on any atom is 0.315 e. The van der Waals surface area contributed by atoms with Crippen LogP contribution in [0.15, 0.2) is 6.20 Å². The molecule has 0 radical (unpaired) electrons. The Kier molecular flexibility index (Phi) is 4.24. The number of H-pyrrole nitrogens is 1. The molecule has 6 nitrogen and oxygen atoms in total. The molecule has 3 aliphatic carbocycles. The van der Waals surface area contributed by atoms with E-state index in [1.54, 1.807) is 0 Å². The number of nitrogens with zero attached hydrogens (tertiary/aromatic N) is 1. The number of rotatable bonds is 4. The number of ether oxygens (including phenoxy) is 1. The van der Waals surface area contributed by atoms with Crippen LogP contribution in [0.25, 0.3) is 0 Å². The molecule has 1 spiro atoms. The van der Waals surface area contributed by atoms with E-state index in [0.717, 1.165) is 32.3 Å². The Morgan fingerprint density at radius 1 is 1.42 bits per heavy atom. The van der Waals surface area contributed by atoms with Crippen molar-refractivity contribution in [1.82, 2.24) is 20.8 Å². The van der Waals surface area contributed by atoms with Gasteiger partial charge in [-0.25, -0.2) is 4.79 Å². The average Bonchev–Trinajstić information content (AvgIpc) is 3.24. The van der Waals surface area contributed by atoms with E-state index in [0.29, 0.717) is 6.10 Å². The molecule has 0 aliphatic heterocycles. The molecule has 0 saturated heterocycles. The number of aromatic nitrogens is 2. The first-order valence-electron chi connectivity index (χ1n) is 9.41. The van der Waals surface area contributed by atoms with E-state index >= 15 is 0 Å². The second kappa shape index (κ2) is 6.39. The predicted molar refractivity (Wildman–Crippen MR) is 90.8 cm³/mol. The van der Waals surface area contributed by atoms with E-state index in [-0.39, 0.29) is 23.5 Å². The zero-order valence-corrected chi connectivity index (χ0v) is 14.4. The van der Waals surface area contributed by atoms with Crippen molar-refractivity contribution in [3.63, 3.8) is 0 Å². The molecule has 6 heteroatoms. The fourth-order valence-electron chi connectivity index (χ4n) is 5.01. The maximum absolute atomic E-state index is 12.5. The van der Waals surface area contributed by atoms with E-state index < -0.39 is 0 Å². The van der Waals surface area contributed by atoms with Crippen LogP contribution < -0.4 is 10.6 Å². The van der Waals surface area contributed by atoms with Gasteiger partial charge >= 0.3 is 6.03 Å². The molecule has 2 saturated carbocycles. The fourth-order valence-corrected chi connectivity index (χ4v) is 5.01. The molecule has 3 N–H and O–H groups in total. The summed E-state index contributed by atoms with van der Waals surface area (Å²) in [6.45, 7) is 2.82. The third-order valence-electron chi connectivity index (χ3n) is 6.34. The Balaban J connectivity index is 1.32. The zero-order chi connectivity index (χ0) is 16.6. The number of hydrogen-bond donors (Lipinski definition) is 3. The van der Waals surface area contributed by atoms with Gasteiger partial charge in [-0.15, -0.1) is 0 Å². The third kappa shape index (κ3) is 2.70. The lowest BCUT2D eigenvalue weighted by Gasteiger charge is -2.54. The number of carbonyl (C=O) groups excluding carboxylic acids is 1. The van der Waals surface area contributed by atoms with Crippen LogP contribution in [-0.4, -0.2) is 41.0 Å². The first kappa shape index (κ1) is 15.9. The fraction of sp³-hybridized carbons (Fsp3) is 0.778. The zero-order valence-electron chi connectivity index (χ0n) is 14.4. The molecule has 0 unspecified atom stereocenters. The van der Waals surface area contributed by atoms with Crippen LogP contribution in [0.3, 0.4) is 0 Å². The van der Waals surface area contributed by atoms with Crippen molar-refractivity contribution in [3.05, 3.63) is 17.5 Å². The van der Waals surface area contributed by atoms with Crippen LogP contribution >= 0.6 is 0 Å². The monoisotopic (exact) mass is 332 g/mol. The molecule has 2 amide bonds. The highest BCUT2D eigenvalue weighted by Crippen LogP contribution is 2.54. The van der Waals surface area contributed by atoms with Gasteiger partial charge in [0.05, 0.1) is 12.3 Å². The molecule has 132 valence electrons. The highest BCUT2D eigenvalue weighted by Gasteiger charge is 2.57. The molecular formula is C18H28N4O2. The van der Waals surface area contributed by atoms with E-state index in [2.05, 4.69) is 27.8 Å². The number of fused-ring (bicyclic) bond motifs is 1. The summed E-state index contributed by atoms with van der Waals surface area (Å²) in [5.74, 6) is 0. The minimum Gasteiger partial charge on any atom is -0.378 e. The van der Waals surface area contributed by atoms with Crippen molar-refractivity contribution in [2.75, 3.05) is 6.61 Å². The van der Waals surface area contributed by atoms with Crippen molar-refractivity contribution in [2.24, 2.45) is 5.41 Å². The molecule has 1 aromatic rings. The summed E-state index contributed by atoms with van der Waals surface area (Å²) in [6, 6.07) is 0.459. The van der Waals surface area contributed by atoms with Gasteiger partial charge in [-0.05, 0) is 51.0 Å². The van der Waals surface area contributed by atoms with Gasteiger partial charge in [-0.2, -0.15) is 5.10 Å². The van der Waals surface area contributed by atoms with Crippen LogP contribution in [0.4, 0.5) is 4.79 Å². The lowest BCUT2D eigenvalue weighted by Crippen LogP contribution is -2.65. The van der Waals surface area contributed by atoms with Crippen molar-refractivity contribution in [2.45, 2.75) is 76.5 Å². The molecule has 3 aliphatic rings. The molecule has 0 bridgehead atoms. The Bertz CT molecular complexity index is 594. The van der Waals surface area contributed by atoms with E-state index in [1.165, 1.54) is 36.9 Å². The number of carbonyl (C=O) groups is 1. The van der Waals surface area contributed by atoms with Gasteiger partial charge in [-0.3, -0.25) is 5.10 Å². The summed E-state index contributed by atoms with van der Waals surface area (Å²) >= 11 is 0. The highest BCUT2D eigenvalue weighted by molar-refractivity contribution is 5.75. The summed E-state index contributed by atoms with van der Waals surface area (Å²) in [7, 11) is 0. The summed E-state index contributed by atoms with van der Waals surface area (Å²) < 4.78 is 5.93. The first-order valence-corrected chi connectivity index (χ1v) is 9.41. The lowest BCUT2D eigenvalue weighted by molar-refractivity contribution is -0.126. The topological polar surface area (TPSA) is 79.0 Å². The van der Waals surface area contributed by atoms with Gasteiger partial charge in [0.25, 0.3) is 0 Å². The minimum absolute atomic E-state index is 0.0156. The molecule has 24 heavy (non-hydrogen) atoms. The van der Waals surface area contributed by atoms with Gasteiger partial charge in [0, 0.05) is 29.8 Å². The Hall–Kier alpha value is -1.56. The average molecular weight is 332 g/mol. The van der Waals surface area contributed by atoms with Gasteiger partial charge in [-0.1, -0.05) is 12.8 Å². The van der Waals surface area contributed by atoms with Crippen LogP contribution in [-0.2, 0) is 17.6 Å². The number of urea groups is 1. The van der Waals surface area contributed by atoms with E-state index in [9.17, 15) is 4.79 Å². The molecular weight excluding hydrogens is 304 g/mol. The molecule has 4 rings (SSSR count). The smallest absolute Gasteiger partial charge is 0.315 e. The van der Waals surface area contributed by atoms with Crippen LogP contribution in [0, 0.1) is 5.41 Å². The standard InChI is InChI=1S/C18H28N4O2/c1-2-24-16-10-15(18(16)7-3-4-8-18)21-17(23)20-13-5-6-14-12(9-13)11-19-22-14/h11,13,15-16H,2-10H2,1H3,(H,19,22)(H2,20,21,23)/t13-,15-,16-/m1/s1. The molecule has 2 fully saturated rings. The number of amides is 2. The van der Waals surface area contributed by atoms with Crippen LogP contribution in [0.1, 0.15) is 56.7 Å². The highest BCUT2D eigenvalue weighted by atomic mass is 16.5. The summed E-state index contributed by atoms with van der Waals surface area (Å²) in [4.78, 5) is 12.5. The van der Waals surface area contributed by atoms with Crippen LogP contribution in [0.2, 0.25) is 0 Å². The normalized spacial score (nSPS) is 30.6. The number of aryl methyl sites for hydroxylation is 1. The summed E-state index contributed by atoms with van der Waals surface area (Å²) in [6.07, 6.45) is 10.9. The van der Waals surface area contributed by atoms with Gasteiger partial charge in [0.2, 0.25) is 0 Å². The minimum atomic E-state index is -0.0156. The Labute approximate surface area is 143 Å². The first-order chi connectivity index (χ1) is 11.7. The quantitative estimate of drug-likeness (QED) is 0.791.